The molecule has 1 aromatic carbocycles. The smallest absolute Gasteiger partial charge is 0.338 e. The number of phenols is 1. The van der Waals surface area contributed by atoms with Gasteiger partial charge in [0.05, 0.1) is 18.2 Å². The van der Waals surface area contributed by atoms with Gasteiger partial charge in [0.25, 0.3) is 0 Å². The SMILES string of the molecule is CCOC(=O)c1cc(O)ccc1CCC#N. The number of hydrogen-bond donors (Lipinski definition) is 1. The van der Waals surface area contributed by atoms with Gasteiger partial charge in [-0.15, -0.1) is 0 Å². The maximum absolute atomic E-state index is 11.6. The number of rotatable bonds is 4. The number of benzene rings is 1. The van der Waals surface area contributed by atoms with Gasteiger partial charge in [-0.05, 0) is 31.0 Å². The summed E-state index contributed by atoms with van der Waals surface area (Å²) in [6.45, 7) is 2.00. The molecular weight excluding hydrogens is 206 g/mol. The number of aryl methyl sites for hydroxylation is 1. The van der Waals surface area contributed by atoms with E-state index in [2.05, 4.69) is 0 Å². The van der Waals surface area contributed by atoms with Crippen LogP contribution in [0.15, 0.2) is 18.2 Å². The molecule has 0 saturated carbocycles. The molecule has 0 saturated heterocycles. The summed E-state index contributed by atoms with van der Waals surface area (Å²) in [5.74, 6) is -0.449. The van der Waals surface area contributed by atoms with Crippen LogP contribution >= 0.6 is 0 Å². The minimum Gasteiger partial charge on any atom is -0.508 e. The predicted molar refractivity (Wildman–Crippen MR) is 58.0 cm³/mol. The Balaban J connectivity index is 2.98. The van der Waals surface area contributed by atoms with Crippen molar-refractivity contribution in [3.63, 3.8) is 0 Å². The van der Waals surface area contributed by atoms with Gasteiger partial charge in [-0.1, -0.05) is 6.07 Å². The van der Waals surface area contributed by atoms with E-state index in [-0.39, 0.29) is 12.4 Å². The van der Waals surface area contributed by atoms with Crippen molar-refractivity contribution in [1.29, 1.82) is 5.26 Å². The minimum absolute atomic E-state index is 0.0174. The first-order valence-corrected chi connectivity index (χ1v) is 5.05. The quantitative estimate of drug-likeness (QED) is 0.786. The van der Waals surface area contributed by atoms with Crippen LogP contribution in [0.25, 0.3) is 0 Å². The zero-order valence-corrected chi connectivity index (χ0v) is 9.06. The van der Waals surface area contributed by atoms with Crippen molar-refractivity contribution in [2.75, 3.05) is 6.61 Å². The van der Waals surface area contributed by atoms with E-state index in [0.717, 1.165) is 5.56 Å². The summed E-state index contributed by atoms with van der Waals surface area (Å²) in [7, 11) is 0. The highest BCUT2D eigenvalue weighted by Gasteiger charge is 2.12. The number of ether oxygens (including phenoxy) is 1. The summed E-state index contributed by atoms with van der Waals surface area (Å²) in [5, 5.41) is 17.8. The molecule has 0 amide bonds. The number of nitriles is 1. The molecule has 0 atom stereocenters. The largest absolute Gasteiger partial charge is 0.508 e. The van der Waals surface area contributed by atoms with Crippen LogP contribution in [0.2, 0.25) is 0 Å². The molecule has 0 fully saturated rings. The third-order valence-electron chi connectivity index (χ3n) is 2.09. The number of hydrogen-bond acceptors (Lipinski definition) is 4. The fourth-order valence-electron chi connectivity index (χ4n) is 1.37. The molecule has 0 aliphatic carbocycles. The number of nitrogens with zero attached hydrogens (tertiary/aromatic N) is 1. The van der Waals surface area contributed by atoms with Crippen LogP contribution in [0, 0.1) is 11.3 Å². The lowest BCUT2D eigenvalue weighted by atomic mass is 10.0. The van der Waals surface area contributed by atoms with Crippen molar-refractivity contribution >= 4 is 5.97 Å². The summed E-state index contributed by atoms with van der Waals surface area (Å²) in [5.41, 5.74) is 1.05. The molecule has 1 aromatic rings. The Morgan fingerprint density at radius 1 is 1.56 bits per heavy atom. The first-order chi connectivity index (χ1) is 7.69. The summed E-state index contributed by atoms with van der Waals surface area (Å²) in [6, 6.07) is 6.51. The lowest BCUT2D eigenvalue weighted by molar-refractivity contribution is 0.0524. The first kappa shape index (κ1) is 12.1. The fraction of sp³-hybridized carbons (Fsp3) is 0.333. The zero-order valence-electron chi connectivity index (χ0n) is 9.06. The predicted octanol–water partition coefficient (Wildman–Crippen LogP) is 2.03. The lowest BCUT2D eigenvalue weighted by Gasteiger charge is -2.07. The monoisotopic (exact) mass is 219 g/mol. The molecular formula is C12H13NO3. The maximum atomic E-state index is 11.6. The molecule has 0 bridgehead atoms. The molecule has 84 valence electrons. The average Bonchev–Trinajstić information content (AvgIpc) is 2.27. The van der Waals surface area contributed by atoms with Gasteiger partial charge in [0.1, 0.15) is 5.75 Å². The van der Waals surface area contributed by atoms with Crippen LogP contribution < -0.4 is 0 Å². The van der Waals surface area contributed by atoms with Gasteiger partial charge in [-0.25, -0.2) is 4.79 Å². The van der Waals surface area contributed by atoms with Crippen LogP contribution in [0.1, 0.15) is 29.3 Å². The van der Waals surface area contributed by atoms with Crippen molar-refractivity contribution < 1.29 is 14.6 Å². The van der Waals surface area contributed by atoms with Crippen molar-refractivity contribution in [3.05, 3.63) is 29.3 Å². The van der Waals surface area contributed by atoms with E-state index in [0.29, 0.717) is 18.4 Å². The second kappa shape index (κ2) is 5.76. The van der Waals surface area contributed by atoms with Gasteiger partial charge in [0.2, 0.25) is 0 Å². The molecule has 0 aromatic heterocycles. The molecule has 0 radical (unpaired) electrons. The van der Waals surface area contributed by atoms with Crippen LogP contribution in [-0.2, 0) is 11.2 Å². The molecule has 4 heteroatoms. The first-order valence-electron chi connectivity index (χ1n) is 5.05. The summed E-state index contributed by atoms with van der Waals surface area (Å²) in [4.78, 5) is 11.6. The second-order valence-electron chi connectivity index (χ2n) is 3.22. The zero-order chi connectivity index (χ0) is 12.0. The summed E-state index contributed by atoms with van der Waals surface area (Å²) < 4.78 is 4.87. The second-order valence-corrected chi connectivity index (χ2v) is 3.22. The normalized spacial score (nSPS) is 9.50. The van der Waals surface area contributed by atoms with Gasteiger partial charge in [-0.2, -0.15) is 5.26 Å². The van der Waals surface area contributed by atoms with Gasteiger partial charge in [-0.3, -0.25) is 0 Å². The number of carbonyl (C=O) groups excluding carboxylic acids is 1. The van der Waals surface area contributed by atoms with Gasteiger partial charge in [0.15, 0.2) is 0 Å². The molecule has 0 unspecified atom stereocenters. The standard InChI is InChI=1S/C12H13NO3/c1-2-16-12(15)11-8-10(14)6-5-9(11)4-3-7-13/h5-6,8,14H,2-4H2,1H3. The molecule has 16 heavy (non-hydrogen) atoms. The molecule has 0 heterocycles. The Morgan fingerprint density at radius 3 is 2.94 bits per heavy atom. The van der Waals surface area contributed by atoms with E-state index in [9.17, 15) is 9.90 Å². The molecule has 1 rings (SSSR count). The summed E-state index contributed by atoms with van der Waals surface area (Å²) >= 11 is 0. The Morgan fingerprint density at radius 2 is 2.31 bits per heavy atom. The van der Waals surface area contributed by atoms with Crippen LogP contribution in [0.3, 0.4) is 0 Å². The van der Waals surface area contributed by atoms with Gasteiger partial charge >= 0.3 is 5.97 Å². The Kier molecular flexibility index (Phi) is 4.34. The Labute approximate surface area is 94.1 Å². The van der Waals surface area contributed by atoms with Crippen molar-refractivity contribution in [3.8, 4) is 11.8 Å². The van der Waals surface area contributed by atoms with E-state index in [4.69, 9.17) is 10.00 Å². The molecule has 4 nitrogen and oxygen atoms in total. The highest BCUT2D eigenvalue weighted by atomic mass is 16.5. The van der Waals surface area contributed by atoms with E-state index < -0.39 is 5.97 Å². The van der Waals surface area contributed by atoms with Crippen molar-refractivity contribution in [1.82, 2.24) is 0 Å². The number of phenolic OH excluding ortho intramolecular Hbond substituents is 1. The molecule has 0 aliphatic rings. The molecule has 1 N–H and O–H groups in total. The van der Waals surface area contributed by atoms with Gasteiger partial charge < -0.3 is 9.84 Å². The van der Waals surface area contributed by atoms with E-state index in [1.54, 1.807) is 13.0 Å². The van der Waals surface area contributed by atoms with E-state index >= 15 is 0 Å². The molecule has 0 aliphatic heterocycles. The highest BCUT2D eigenvalue weighted by Crippen LogP contribution is 2.19. The van der Waals surface area contributed by atoms with Crippen molar-refractivity contribution in [2.24, 2.45) is 0 Å². The van der Waals surface area contributed by atoms with Crippen LogP contribution in [-0.4, -0.2) is 17.7 Å². The Bertz CT molecular complexity index is 421. The van der Waals surface area contributed by atoms with E-state index in [1.165, 1.54) is 12.1 Å². The van der Waals surface area contributed by atoms with E-state index in [1.807, 2.05) is 6.07 Å². The fourth-order valence-corrected chi connectivity index (χ4v) is 1.37. The third-order valence-corrected chi connectivity index (χ3v) is 2.09. The van der Waals surface area contributed by atoms with Crippen LogP contribution in [0.4, 0.5) is 0 Å². The molecule has 0 spiro atoms. The minimum atomic E-state index is -0.466. The third kappa shape index (κ3) is 2.99. The van der Waals surface area contributed by atoms with Crippen LogP contribution in [0.5, 0.6) is 5.75 Å². The number of carbonyl (C=O) groups is 1. The van der Waals surface area contributed by atoms with Crippen molar-refractivity contribution in [2.45, 2.75) is 19.8 Å². The number of aromatic hydroxyl groups is 1. The average molecular weight is 219 g/mol. The topological polar surface area (TPSA) is 70.3 Å². The highest BCUT2D eigenvalue weighted by molar-refractivity contribution is 5.91. The summed E-state index contributed by atoms with van der Waals surface area (Å²) in [6.07, 6.45) is 0.808. The lowest BCUT2D eigenvalue weighted by Crippen LogP contribution is -2.08. The Hall–Kier alpha value is -2.02. The van der Waals surface area contributed by atoms with Gasteiger partial charge in [0, 0.05) is 6.42 Å². The maximum Gasteiger partial charge on any atom is 0.338 e. The number of esters is 1.